The summed E-state index contributed by atoms with van der Waals surface area (Å²) in [6.45, 7) is -0.390. The van der Waals surface area contributed by atoms with Gasteiger partial charge in [0.1, 0.15) is 6.54 Å². The van der Waals surface area contributed by atoms with Gasteiger partial charge in [-0.05, 0) is 12.1 Å². The molecule has 0 aromatic carbocycles. The van der Waals surface area contributed by atoms with Crippen LogP contribution in [0.4, 0.5) is 0 Å². The number of pyridine rings is 1. The first kappa shape index (κ1) is 11.0. The van der Waals surface area contributed by atoms with Gasteiger partial charge in [0.05, 0.1) is 12.0 Å². The molecule has 0 fully saturated rings. The number of aromatic nitrogens is 3. The second-order valence-electron chi connectivity index (χ2n) is 3.38. The normalized spacial score (nSPS) is 10.1. The van der Waals surface area contributed by atoms with Gasteiger partial charge in [0.15, 0.2) is 0 Å². The lowest BCUT2D eigenvalue weighted by molar-refractivity contribution is -0.137. The average molecular weight is 231 g/mol. The van der Waals surface area contributed by atoms with Gasteiger partial charge in [0.25, 0.3) is 5.56 Å². The van der Waals surface area contributed by atoms with E-state index in [9.17, 15) is 9.59 Å². The molecule has 0 unspecified atom stereocenters. The molecule has 2 aromatic heterocycles. The van der Waals surface area contributed by atoms with Crippen LogP contribution in [0.25, 0.3) is 11.3 Å². The van der Waals surface area contributed by atoms with Crippen LogP contribution in [0.15, 0.2) is 41.7 Å². The third kappa shape index (κ3) is 2.54. The molecule has 6 heteroatoms. The standard InChI is InChI=1S/C11H9N3O3/c15-10-4-9(8-2-1-3-12-5-8)13-7-14(10)6-11(16)17/h1-5,7H,6H2,(H,16,17). The van der Waals surface area contributed by atoms with Gasteiger partial charge >= 0.3 is 5.97 Å². The highest BCUT2D eigenvalue weighted by molar-refractivity contribution is 5.66. The fourth-order valence-electron chi connectivity index (χ4n) is 1.36. The Balaban J connectivity index is 2.38. The quantitative estimate of drug-likeness (QED) is 0.825. The minimum absolute atomic E-state index is 0.390. The highest BCUT2D eigenvalue weighted by atomic mass is 16.4. The van der Waals surface area contributed by atoms with E-state index in [0.717, 1.165) is 4.57 Å². The maximum absolute atomic E-state index is 11.6. The third-order valence-electron chi connectivity index (χ3n) is 2.14. The summed E-state index contributed by atoms with van der Waals surface area (Å²) in [4.78, 5) is 30.0. The number of carboxylic acid groups (broad SMARTS) is 1. The number of rotatable bonds is 3. The molecule has 0 aliphatic heterocycles. The van der Waals surface area contributed by atoms with Crippen molar-refractivity contribution in [3.05, 3.63) is 47.3 Å². The minimum atomic E-state index is -1.08. The van der Waals surface area contributed by atoms with Gasteiger partial charge in [-0.1, -0.05) is 0 Å². The molecular weight excluding hydrogens is 222 g/mol. The van der Waals surface area contributed by atoms with Crippen LogP contribution in [0.2, 0.25) is 0 Å². The van der Waals surface area contributed by atoms with E-state index >= 15 is 0 Å². The van der Waals surface area contributed by atoms with Gasteiger partial charge in [-0.15, -0.1) is 0 Å². The molecule has 2 heterocycles. The molecule has 2 aromatic rings. The van der Waals surface area contributed by atoms with Gasteiger partial charge in [-0.2, -0.15) is 0 Å². The number of carbonyl (C=O) groups is 1. The molecule has 0 amide bonds. The number of hydrogen-bond donors (Lipinski definition) is 1. The van der Waals surface area contributed by atoms with Crippen molar-refractivity contribution in [1.29, 1.82) is 0 Å². The van der Waals surface area contributed by atoms with E-state index in [1.54, 1.807) is 24.5 Å². The molecule has 0 saturated heterocycles. The highest BCUT2D eigenvalue weighted by Gasteiger charge is 2.05. The van der Waals surface area contributed by atoms with Crippen molar-refractivity contribution >= 4 is 5.97 Å². The van der Waals surface area contributed by atoms with Crippen LogP contribution < -0.4 is 5.56 Å². The fraction of sp³-hybridized carbons (Fsp3) is 0.0909. The predicted octanol–water partition coefficient (Wildman–Crippen LogP) is 0.390. The summed E-state index contributed by atoms with van der Waals surface area (Å²) in [5.41, 5.74) is 0.790. The van der Waals surface area contributed by atoms with E-state index in [4.69, 9.17) is 5.11 Å². The Labute approximate surface area is 96.2 Å². The van der Waals surface area contributed by atoms with E-state index in [0.29, 0.717) is 11.3 Å². The van der Waals surface area contributed by atoms with Crippen LogP contribution in [0.1, 0.15) is 0 Å². The Hall–Kier alpha value is -2.50. The Bertz CT molecular complexity index is 592. The van der Waals surface area contributed by atoms with Crippen molar-refractivity contribution in [3.8, 4) is 11.3 Å². The van der Waals surface area contributed by atoms with Gasteiger partial charge in [0.2, 0.25) is 0 Å². The summed E-state index contributed by atoms with van der Waals surface area (Å²) in [7, 11) is 0. The number of hydrogen-bond acceptors (Lipinski definition) is 4. The van der Waals surface area contributed by atoms with Crippen LogP contribution in [0, 0.1) is 0 Å². The Kier molecular flexibility index (Phi) is 2.95. The highest BCUT2D eigenvalue weighted by Crippen LogP contribution is 2.11. The van der Waals surface area contributed by atoms with Gasteiger partial charge in [-0.25, -0.2) is 4.98 Å². The van der Waals surface area contributed by atoms with Crippen molar-refractivity contribution in [2.75, 3.05) is 0 Å². The van der Waals surface area contributed by atoms with Crippen molar-refractivity contribution in [2.24, 2.45) is 0 Å². The maximum atomic E-state index is 11.6. The topological polar surface area (TPSA) is 85.1 Å². The van der Waals surface area contributed by atoms with Crippen LogP contribution in [0.5, 0.6) is 0 Å². The van der Waals surface area contributed by atoms with Crippen LogP contribution in [-0.2, 0) is 11.3 Å². The summed E-state index contributed by atoms with van der Waals surface area (Å²) >= 11 is 0. The molecule has 17 heavy (non-hydrogen) atoms. The SMILES string of the molecule is O=C(O)Cn1cnc(-c2cccnc2)cc1=O. The molecule has 86 valence electrons. The molecule has 0 aliphatic carbocycles. The first-order valence-electron chi connectivity index (χ1n) is 4.85. The molecule has 6 nitrogen and oxygen atoms in total. The van der Waals surface area contributed by atoms with Gasteiger partial charge < -0.3 is 5.11 Å². The van der Waals surface area contributed by atoms with E-state index in [2.05, 4.69) is 9.97 Å². The lowest BCUT2D eigenvalue weighted by Gasteiger charge is -2.03. The molecule has 0 saturated carbocycles. The molecule has 0 radical (unpaired) electrons. The van der Waals surface area contributed by atoms with E-state index in [1.165, 1.54) is 12.4 Å². The van der Waals surface area contributed by atoms with Crippen molar-refractivity contribution in [1.82, 2.24) is 14.5 Å². The first-order valence-corrected chi connectivity index (χ1v) is 4.85. The van der Waals surface area contributed by atoms with Crippen LogP contribution in [-0.4, -0.2) is 25.6 Å². The number of carboxylic acids is 1. The van der Waals surface area contributed by atoms with Crippen LogP contribution in [0.3, 0.4) is 0 Å². The molecule has 2 rings (SSSR count). The first-order chi connectivity index (χ1) is 8.16. The zero-order valence-corrected chi connectivity index (χ0v) is 8.78. The van der Waals surface area contributed by atoms with Gasteiger partial charge in [-0.3, -0.25) is 19.1 Å². The van der Waals surface area contributed by atoms with Crippen molar-refractivity contribution in [3.63, 3.8) is 0 Å². The Morgan fingerprint density at radius 2 is 2.29 bits per heavy atom. The lowest BCUT2D eigenvalue weighted by Crippen LogP contribution is -2.23. The van der Waals surface area contributed by atoms with Gasteiger partial charge in [0, 0.05) is 24.0 Å². The van der Waals surface area contributed by atoms with Crippen molar-refractivity contribution in [2.45, 2.75) is 6.54 Å². The summed E-state index contributed by atoms with van der Waals surface area (Å²) < 4.78 is 1.03. The second kappa shape index (κ2) is 4.56. The summed E-state index contributed by atoms with van der Waals surface area (Å²) in [5.74, 6) is -1.08. The lowest BCUT2D eigenvalue weighted by atomic mass is 10.2. The number of aliphatic carboxylic acids is 1. The molecule has 0 atom stereocenters. The van der Waals surface area contributed by atoms with E-state index in [1.807, 2.05) is 0 Å². The molecule has 0 spiro atoms. The Morgan fingerprint density at radius 3 is 2.88 bits per heavy atom. The molecule has 1 N–H and O–H groups in total. The second-order valence-corrected chi connectivity index (χ2v) is 3.38. The zero-order chi connectivity index (χ0) is 12.3. The molecule has 0 bridgehead atoms. The summed E-state index contributed by atoms with van der Waals surface area (Å²) in [6.07, 6.45) is 4.43. The van der Waals surface area contributed by atoms with Crippen molar-refractivity contribution < 1.29 is 9.90 Å². The minimum Gasteiger partial charge on any atom is -0.480 e. The summed E-state index contributed by atoms with van der Waals surface area (Å²) in [6, 6.07) is 4.80. The monoisotopic (exact) mass is 231 g/mol. The molecule has 0 aliphatic rings. The third-order valence-corrected chi connectivity index (χ3v) is 2.14. The van der Waals surface area contributed by atoms with E-state index < -0.39 is 11.5 Å². The zero-order valence-electron chi connectivity index (χ0n) is 8.78. The van der Waals surface area contributed by atoms with E-state index in [-0.39, 0.29) is 6.54 Å². The average Bonchev–Trinajstić information content (AvgIpc) is 2.32. The smallest absolute Gasteiger partial charge is 0.323 e. The largest absolute Gasteiger partial charge is 0.480 e. The Morgan fingerprint density at radius 1 is 1.47 bits per heavy atom. The maximum Gasteiger partial charge on any atom is 0.323 e. The summed E-state index contributed by atoms with van der Waals surface area (Å²) in [5, 5.41) is 8.58. The number of nitrogens with zero attached hydrogens (tertiary/aromatic N) is 3. The van der Waals surface area contributed by atoms with Crippen LogP contribution >= 0.6 is 0 Å². The predicted molar refractivity (Wildman–Crippen MR) is 59.4 cm³/mol. The molecular formula is C11H9N3O3. The fourth-order valence-corrected chi connectivity index (χ4v) is 1.36.